The summed E-state index contributed by atoms with van der Waals surface area (Å²) in [6.45, 7) is 4.39. The first-order valence-electron chi connectivity index (χ1n) is 6.31. The smallest absolute Gasteiger partial charge is 0.140 e. The number of benzene rings is 1. The molecule has 2 rings (SSSR count). The van der Waals surface area contributed by atoms with Gasteiger partial charge in [0.15, 0.2) is 0 Å². The number of carbonyl (C=O) groups excluding carboxylic acids is 1. The zero-order chi connectivity index (χ0) is 11.5. The van der Waals surface area contributed by atoms with Crippen molar-refractivity contribution >= 4 is 5.78 Å². The maximum Gasteiger partial charge on any atom is 0.140 e. The van der Waals surface area contributed by atoms with E-state index < -0.39 is 0 Å². The monoisotopic (exact) mass is 216 g/mol. The summed E-state index contributed by atoms with van der Waals surface area (Å²) in [5, 5.41) is 0. The molecule has 0 radical (unpaired) electrons. The molecule has 1 aromatic rings. The zero-order valence-corrected chi connectivity index (χ0v) is 10.2. The molecule has 0 bridgehead atoms. The Kier molecular flexibility index (Phi) is 3.42. The zero-order valence-electron chi connectivity index (χ0n) is 10.2. The Morgan fingerprint density at radius 2 is 2.06 bits per heavy atom. The van der Waals surface area contributed by atoms with Crippen LogP contribution in [0.5, 0.6) is 0 Å². The van der Waals surface area contributed by atoms with Gasteiger partial charge in [-0.15, -0.1) is 0 Å². The molecule has 1 nitrogen and oxygen atoms in total. The largest absolute Gasteiger partial charge is 0.299 e. The first kappa shape index (κ1) is 11.4. The molecule has 1 aliphatic rings. The topological polar surface area (TPSA) is 17.1 Å². The molecular weight excluding hydrogens is 196 g/mol. The minimum atomic E-state index is 0.174. The van der Waals surface area contributed by atoms with Gasteiger partial charge in [-0.1, -0.05) is 44.5 Å². The minimum absolute atomic E-state index is 0.174. The molecule has 1 heteroatoms. The molecule has 1 fully saturated rings. The summed E-state index contributed by atoms with van der Waals surface area (Å²) in [7, 11) is 0. The summed E-state index contributed by atoms with van der Waals surface area (Å²) in [6, 6.07) is 8.58. The Bertz CT molecular complexity index is 379. The van der Waals surface area contributed by atoms with Crippen LogP contribution in [0.2, 0.25) is 0 Å². The second-order valence-corrected chi connectivity index (χ2v) is 5.09. The van der Waals surface area contributed by atoms with Gasteiger partial charge in [-0.05, 0) is 29.9 Å². The molecule has 1 aliphatic carbocycles. The van der Waals surface area contributed by atoms with Crippen LogP contribution >= 0.6 is 0 Å². The molecule has 0 heterocycles. The molecule has 0 amide bonds. The van der Waals surface area contributed by atoms with Crippen LogP contribution in [0.25, 0.3) is 0 Å². The molecule has 1 unspecified atom stereocenters. The van der Waals surface area contributed by atoms with E-state index in [4.69, 9.17) is 0 Å². The maximum atomic E-state index is 11.9. The molecule has 86 valence electrons. The molecule has 16 heavy (non-hydrogen) atoms. The van der Waals surface area contributed by atoms with Crippen molar-refractivity contribution in [3.05, 3.63) is 35.4 Å². The molecule has 1 aromatic carbocycles. The van der Waals surface area contributed by atoms with Crippen LogP contribution < -0.4 is 0 Å². The summed E-state index contributed by atoms with van der Waals surface area (Å²) < 4.78 is 0. The Hall–Kier alpha value is -1.11. The van der Waals surface area contributed by atoms with E-state index in [0.29, 0.717) is 11.7 Å². The van der Waals surface area contributed by atoms with Crippen LogP contribution in [-0.4, -0.2) is 5.78 Å². The summed E-state index contributed by atoms with van der Waals surface area (Å²) in [4.78, 5) is 11.9. The third-order valence-electron chi connectivity index (χ3n) is 3.53. The standard InChI is InChI=1S/C15H20O/c1-11(2)12-6-5-7-13(10-12)14-8-3-4-9-15(14)16/h5-7,10-11,14H,3-4,8-9H2,1-2H3. The Morgan fingerprint density at radius 3 is 2.75 bits per heavy atom. The van der Waals surface area contributed by atoms with Gasteiger partial charge in [0.05, 0.1) is 0 Å². The predicted molar refractivity (Wildman–Crippen MR) is 66.7 cm³/mol. The fourth-order valence-corrected chi connectivity index (χ4v) is 2.47. The summed E-state index contributed by atoms with van der Waals surface area (Å²) >= 11 is 0. The highest BCUT2D eigenvalue weighted by atomic mass is 16.1. The molecule has 1 saturated carbocycles. The molecule has 0 saturated heterocycles. The normalized spacial score (nSPS) is 21.4. The van der Waals surface area contributed by atoms with Gasteiger partial charge in [0.1, 0.15) is 5.78 Å². The number of ketones is 1. The van der Waals surface area contributed by atoms with Gasteiger partial charge in [0, 0.05) is 12.3 Å². The van der Waals surface area contributed by atoms with Crippen LogP contribution in [0.3, 0.4) is 0 Å². The summed E-state index contributed by atoms with van der Waals surface area (Å²) in [5.74, 6) is 1.15. The van der Waals surface area contributed by atoms with Crippen LogP contribution in [-0.2, 0) is 4.79 Å². The van der Waals surface area contributed by atoms with Crippen LogP contribution in [0.4, 0.5) is 0 Å². The number of rotatable bonds is 2. The fraction of sp³-hybridized carbons (Fsp3) is 0.533. The van der Waals surface area contributed by atoms with Crippen molar-refractivity contribution in [3.63, 3.8) is 0 Å². The number of hydrogen-bond acceptors (Lipinski definition) is 1. The first-order chi connectivity index (χ1) is 7.68. The molecule has 0 spiro atoms. The second-order valence-electron chi connectivity index (χ2n) is 5.09. The number of hydrogen-bond donors (Lipinski definition) is 0. The van der Waals surface area contributed by atoms with Crippen LogP contribution in [0, 0.1) is 0 Å². The molecule has 1 atom stereocenters. The average molecular weight is 216 g/mol. The van der Waals surface area contributed by atoms with Gasteiger partial charge >= 0.3 is 0 Å². The highest BCUT2D eigenvalue weighted by molar-refractivity contribution is 5.86. The van der Waals surface area contributed by atoms with Crippen molar-refractivity contribution in [2.45, 2.75) is 51.4 Å². The number of Topliss-reactive ketones (excluding diaryl/α,β-unsaturated/α-hetero) is 1. The van der Waals surface area contributed by atoms with Crippen LogP contribution in [0.15, 0.2) is 24.3 Å². The minimum Gasteiger partial charge on any atom is -0.299 e. The van der Waals surface area contributed by atoms with Gasteiger partial charge < -0.3 is 0 Å². The van der Waals surface area contributed by atoms with E-state index in [-0.39, 0.29) is 5.92 Å². The lowest BCUT2D eigenvalue weighted by Crippen LogP contribution is -2.17. The van der Waals surface area contributed by atoms with Crippen molar-refractivity contribution in [1.82, 2.24) is 0 Å². The van der Waals surface area contributed by atoms with E-state index in [1.54, 1.807) is 0 Å². The van der Waals surface area contributed by atoms with Gasteiger partial charge in [-0.2, -0.15) is 0 Å². The lowest BCUT2D eigenvalue weighted by Gasteiger charge is -2.21. The molecule has 0 aliphatic heterocycles. The predicted octanol–water partition coefficient (Wildman–Crippen LogP) is 4.04. The Balaban J connectivity index is 2.25. The van der Waals surface area contributed by atoms with E-state index in [1.807, 2.05) is 0 Å². The third-order valence-corrected chi connectivity index (χ3v) is 3.53. The van der Waals surface area contributed by atoms with Gasteiger partial charge in [-0.25, -0.2) is 0 Å². The maximum absolute atomic E-state index is 11.9. The van der Waals surface area contributed by atoms with E-state index in [1.165, 1.54) is 17.5 Å². The van der Waals surface area contributed by atoms with E-state index in [0.717, 1.165) is 19.3 Å². The van der Waals surface area contributed by atoms with E-state index >= 15 is 0 Å². The lowest BCUT2D eigenvalue weighted by molar-refractivity contribution is -0.121. The Morgan fingerprint density at radius 1 is 1.25 bits per heavy atom. The highest BCUT2D eigenvalue weighted by Crippen LogP contribution is 2.31. The molecule has 0 N–H and O–H groups in total. The fourth-order valence-electron chi connectivity index (χ4n) is 2.47. The SMILES string of the molecule is CC(C)c1cccc(C2CCCCC2=O)c1. The summed E-state index contributed by atoms with van der Waals surface area (Å²) in [5.41, 5.74) is 2.58. The van der Waals surface area contributed by atoms with Crippen molar-refractivity contribution < 1.29 is 4.79 Å². The van der Waals surface area contributed by atoms with Crippen molar-refractivity contribution in [3.8, 4) is 0 Å². The third kappa shape index (κ3) is 2.34. The van der Waals surface area contributed by atoms with Crippen molar-refractivity contribution in [1.29, 1.82) is 0 Å². The summed E-state index contributed by atoms with van der Waals surface area (Å²) in [6.07, 6.45) is 4.10. The van der Waals surface area contributed by atoms with Crippen molar-refractivity contribution in [2.24, 2.45) is 0 Å². The van der Waals surface area contributed by atoms with Crippen molar-refractivity contribution in [2.75, 3.05) is 0 Å². The van der Waals surface area contributed by atoms with Crippen LogP contribution in [0.1, 0.15) is 62.5 Å². The van der Waals surface area contributed by atoms with Gasteiger partial charge in [-0.3, -0.25) is 4.79 Å². The first-order valence-corrected chi connectivity index (χ1v) is 6.31. The highest BCUT2D eigenvalue weighted by Gasteiger charge is 2.23. The average Bonchev–Trinajstić information content (AvgIpc) is 2.30. The Labute approximate surface area is 97.9 Å². The second kappa shape index (κ2) is 4.82. The molecule has 0 aromatic heterocycles. The number of carbonyl (C=O) groups is 1. The van der Waals surface area contributed by atoms with E-state index in [9.17, 15) is 4.79 Å². The van der Waals surface area contributed by atoms with Gasteiger partial charge in [0.2, 0.25) is 0 Å². The quantitative estimate of drug-likeness (QED) is 0.729. The lowest BCUT2D eigenvalue weighted by atomic mass is 9.82. The van der Waals surface area contributed by atoms with E-state index in [2.05, 4.69) is 38.1 Å². The molecular formula is C15H20O. The van der Waals surface area contributed by atoms with Gasteiger partial charge in [0.25, 0.3) is 0 Å².